The average molecular weight is 214 g/mol. The molecule has 4 heteroatoms. The van der Waals surface area contributed by atoms with Gasteiger partial charge in [0.1, 0.15) is 0 Å². The molecular formula is C10H18N2OS. The van der Waals surface area contributed by atoms with Gasteiger partial charge < -0.3 is 15.7 Å². The van der Waals surface area contributed by atoms with E-state index in [0.717, 1.165) is 19.6 Å². The number of thiophene rings is 1. The third kappa shape index (κ3) is 5.34. The second kappa shape index (κ2) is 6.95. The maximum atomic E-state index is 8.98. The highest BCUT2D eigenvalue weighted by Gasteiger charge is 1.94. The first-order valence-corrected chi connectivity index (χ1v) is 5.79. The highest BCUT2D eigenvalue weighted by Crippen LogP contribution is 2.06. The van der Waals surface area contributed by atoms with Crippen LogP contribution in [0, 0.1) is 0 Å². The van der Waals surface area contributed by atoms with E-state index in [-0.39, 0.29) is 6.10 Å². The Bertz CT molecular complexity index is 224. The van der Waals surface area contributed by atoms with Gasteiger partial charge in [-0.15, -0.1) is 11.3 Å². The van der Waals surface area contributed by atoms with E-state index in [1.165, 1.54) is 4.88 Å². The molecule has 1 atom stereocenters. The molecule has 1 aromatic rings. The van der Waals surface area contributed by atoms with Gasteiger partial charge in [0.2, 0.25) is 0 Å². The van der Waals surface area contributed by atoms with Crippen LogP contribution in [0.4, 0.5) is 0 Å². The van der Waals surface area contributed by atoms with E-state index in [0.29, 0.717) is 6.54 Å². The maximum absolute atomic E-state index is 8.98. The molecule has 0 amide bonds. The lowest BCUT2D eigenvalue weighted by molar-refractivity contribution is 0.191. The lowest BCUT2D eigenvalue weighted by Crippen LogP contribution is -2.31. The molecule has 0 aliphatic heterocycles. The minimum Gasteiger partial charge on any atom is -0.392 e. The van der Waals surface area contributed by atoms with Crippen molar-refractivity contribution in [2.24, 2.45) is 0 Å². The van der Waals surface area contributed by atoms with E-state index < -0.39 is 0 Å². The third-order valence-corrected chi connectivity index (χ3v) is 2.67. The minimum absolute atomic E-state index is 0.257. The first-order chi connectivity index (χ1) is 6.79. The SMILES string of the molecule is C[C@@H](O)CNCCNCc1cccs1. The Kier molecular flexibility index (Phi) is 5.78. The van der Waals surface area contributed by atoms with Crippen molar-refractivity contribution in [1.82, 2.24) is 10.6 Å². The quantitative estimate of drug-likeness (QED) is 0.589. The Balaban J connectivity index is 1.90. The van der Waals surface area contributed by atoms with Crippen molar-refractivity contribution in [1.29, 1.82) is 0 Å². The van der Waals surface area contributed by atoms with Gasteiger partial charge in [-0.3, -0.25) is 0 Å². The van der Waals surface area contributed by atoms with E-state index in [9.17, 15) is 0 Å². The number of nitrogens with one attached hydrogen (secondary N) is 2. The third-order valence-electron chi connectivity index (χ3n) is 1.80. The van der Waals surface area contributed by atoms with Gasteiger partial charge >= 0.3 is 0 Å². The van der Waals surface area contributed by atoms with Crippen LogP contribution in [0.3, 0.4) is 0 Å². The number of aliphatic hydroxyl groups excluding tert-OH is 1. The van der Waals surface area contributed by atoms with Gasteiger partial charge in [-0.25, -0.2) is 0 Å². The summed E-state index contributed by atoms with van der Waals surface area (Å²) in [4.78, 5) is 1.36. The van der Waals surface area contributed by atoms with E-state index in [4.69, 9.17) is 5.11 Å². The fraction of sp³-hybridized carbons (Fsp3) is 0.600. The van der Waals surface area contributed by atoms with Crippen LogP contribution in [-0.4, -0.2) is 30.8 Å². The summed E-state index contributed by atoms with van der Waals surface area (Å²) in [6, 6.07) is 4.19. The number of hydrogen-bond donors (Lipinski definition) is 3. The predicted molar refractivity (Wildman–Crippen MR) is 60.6 cm³/mol. The molecular weight excluding hydrogens is 196 g/mol. The lowest BCUT2D eigenvalue weighted by atomic mass is 10.4. The molecule has 0 saturated carbocycles. The summed E-state index contributed by atoms with van der Waals surface area (Å²) >= 11 is 1.77. The van der Waals surface area contributed by atoms with Crippen LogP contribution in [0.15, 0.2) is 17.5 Å². The minimum atomic E-state index is -0.257. The van der Waals surface area contributed by atoms with Crippen molar-refractivity contribution in [3.05, 3.63) is 22.4 Å². The van der Waals surface area contributed by atoms with Gasteiger partial charge in [0.25, 0.3) is 0 Å². The van der Waals surface area contributed by atoms with Crippen molar-refractivity contribution < 1.29 is 5.11 Å². The Labute approximate surface area is 89.2 Å². The van der Waals surface area contributed by atoms with Gasteiger partial charge in [-0.1, -0.05) is 6.07 Å². The molecule has 0 spiro atoms. The molecule has 0 bridgehead atoms. The molecule has 0 unspecified atom stereocenters. The molecule has 0 radical (unpaired) electrons. The molecule has 1 rings (SSSR count). The van der Waals surface area contributed by atoms with Crippen LogP contribution in [0.25, 0.3) is 0 Å². The van der Waals surface area contributed by atoms with Crippen molar-refractivity contribution in [3.63, 3.8) is 0 Å². The lowest BCUT2D eigenvalue weighted by Gasteiger charge is -2.07. The molecule has 80 valence electrons. The first kappa shape index (κ1) is 11.7. The van der Waals surface area contributed by atoms with Crippen molar-refractivity contribution in [3.8, 4) is 0 Å². The standard InChI is InChI=1S/C10H18N2OS/c1-9(13)7-11-4-5-12-8-10-3-2-6-14-10/h2-3,6,9,11-13H,4-5,7-8H2,1H3/t9-/m1/s1. The van der Waals surface area contributed by atoms with Gasteiger partial charge in [-0.05, 0) is 18.4 Å². The molecule has 0 saturated heterocycles. The van der Waals surface area contributed by atoms with Gasteiger partial charge in [0.05, 0.1) is 6.10 Å². The maximum Gasteiger partial charge on any atom is 0.0636 e. The Morgan fingerprint density at radius 3 is 2.86 bits per heavy atom. The van der Waals surface area contributed by atoms with E-state index >= 15 is 0 Å². The summed E-state index contributed by atoms with van der Waals surface area (Å²) in [5.41, 5.74) is 0. The van der Waals surface area contributed by atoms with Gasteiger partial charge in [-0.2, -0.15) is 0 Å². The summed E-state index contributed by atoms with van der Waals surface area (Å²) in [6.07, 6.45) is -0.257. The second-order valence-corrected chi connectivity index (χ2v) is 4.34. The number of aliphatic hydroxyl groups is 1. The fourth-order valence-corrected chi connectivity index (χ4v) is 1.79. The normalized spacial score (nSPS) is 13.0. The van der Waals surface area contributed by atoms with Crippen LogP contribution in [0.1, 0.15) is 11.8 Å². The molecule has 0 aromatic carbocycles. The molecule has 3 nitrogen and oxygen atoms in total. The van der Waals surface area contributed by atoms with Crippen molar-refractivity contribution in [2.45, 2.75) is 19.6 Å². The fourth-order valence-electron chi connectivity index (χ4n) is 1.11. The molecule has 1 heterocycles. The first-order valence-electron chi connectivity index (χ1n) is 4.91. The zero-order valence-electron chi connectivity index (χ0n) is 8.49. The highest BCUT2D eigenvalue weighted by atomic mass is 32.1. The van der Waals surface area contributed by atoms with Crippen LogP contribution in [0.5, 0.6) is 0 Å². The van der Waals surface area contributed by atoms with Gasteiger partial charge in [0.15, 0.2) is 0 Å². The van der Waals surface area contributed by atoms with Crippen LogP contribution in [-0.2, 0) is 6.54 Å². The zero-order chi connectivity index (χ0) is 10.2. The molecule has 0 fully saturated rings. The Hall–Kier alpha value is -0.420. The zero-order valence-corrected chi connectivity index (χ0v) is 9.31. The monoisotopic (exact) mass is 214 g/mol. The summed E-state index contributed by atoms with van der Waals surface area (Å²) < 4.78 is 0. The largest absolute Gasteiger partial charge is 0.392 e. The molecule has 14 heavy (non-hydrogen) atoms. The van der Waals surface area contributed by atoms with E-state index in [1.54, 1.807) is 18.3 Å². The molecule has 0 aliphatic carbocycles. The highest BCUT2D eigenvalue weighted by molar-refractivity contribution is 7.09. The van der Waals surface area contributed by atoms with E-state index in [2.05, 4.69) is 28.1 Å². The summed E-state index contributed by atoms with van der Waals surface area (Å²) in [7, 11) is 0. The Morgan fingerprint density at radius 2 is 2.21 bits per heavy atom. The topological polar surface area (TPSA) is 44.3 Å². The van der Waals surface area contributed by atoms with Crippen LogP contribution >= 0.6 is 11.3 Å². The van der Waals surface area contributed by atoms with Crippen LogP contribution < -0.4 is 10.6 Å². The van der Waals surface area contributed by atoms with Crippen molar-refractivity contribution in [2.75, 3.05) is 19.6 Å². The summed E-state index contributed by atoms with van der Waals surface area (Å²) in [6.45, 7) is 5.22. The molecule has 0 aliphatic rings. The summed E-state index contributed by atoms with van der Waals surface area (Å²) in [5.74, 6) is 0. The summed E-state index contributed by atoms with van der Waals surface area (Å²) in [5, 5.41) is 17.5. The van der Waals surface area contributed by atoms with Crippen molar-refractivity contribution >= 4 is 11.3 Å². The van der Waals surface area contributed by atoms with E-state index in [1.807, 2.05) is 0 Å². The number of rotatable bonds is 7. The van der Waals surface area contributed by atoms with Crippen LogP contribution in [0.2, 0.25) is 0 Å². The smallest absolute Gasteiger partial charge is 0.0636 e. The predicted octanol–water partition coefficient (Wildman–Crippen LogP) is 0.808. The second-order valence-electron chi connectivity index (χ2n) is 3.31. The number of hydrogen-bond acceptors (Lipinski definition) is 4. The molecule has 1 aromatic heterocycles. The molecule has 3 N–H and O–H groups in total. The van der Waals surface area contributed by atoms with Gasteiger partial charge in [0, 0.05) is 31.1 Å². The Morgan fingerprint density at radius 1 is 1.43 bits per heavy atom. The average Bonchev–Trinajstić information content (AvgIpc) is 2.63.